The molecule has 1 aromatic rings. The van der Waals surface area contributed by atoms with Gasteiger partial charge in [0.05, 0.1) is 0 Å². The van der Waals surface area contributed by atoms with Gasteiger partial charge in [-0.2, -0.15) is 5.10 Å². The smallest absolute Gasteiger partial charge is 0.268 e. The Hall–Kier alpha value is -1.96. The van der Waals surface area contributed by atoms with Gasteiger partial charge in [0.25, 0.3) is 5.91 Å². The van der Waals surface area contributed by atoms with Crippen LogP contribution in [0.3, 0.4) is 0 Å². The Labute approximate surface area is 85.4 Å². The number of carbonyl (C=O) groups is 2. The number of hydrogen-bond acceptors (Lipinski definition) is 5. The maximum Gasteiger partial charge on any atom is 0.268 e. The van der Waals surface area contributed by atoms with E-state index in [-0.39, 0.29) is 6.61 Å². The second-order valence-electron chi connectivity index (χ2n) is 2.77. The Bertz CT molecular complexity index is 336. The van der Waals surface area contributed by atoms with E-state index in [1.54, 1.807) is 6.92 Å². The van der Waals surface area contributed by atoms with Crippen molar-refractivity contribution in [3.63, 3.8) is 0 Å². The van der Waals surface area contributed by atoms with Crippen LogP contribution in [0.25, 0.3) is 0 Å². The summed E-state index contributed by atoms with van der Waals surface area (Å²) in [6, 6.07) is -0.569. The second kappa shape index (κ2) is 5.05. The standard InChI is InChI=1S/C7H11N5O3/c1-5(12-4-9-3-10-12)7(14)11-15-2-6(8)13/h3-5H,2H2,1H3,(H2,8,13)(H,11,14). The first kappa shape index (κ1) is 11.1. The number of nitrogens with zero attached hydrogens (tertiary/aromatic N) is 3. The SMILES string of the molecule is CC(C(=O)NOCC(N)=O)n1cncn1. The molecular weight excluding hydrogens is 202 g/mol. The lowest BCUT2D eigenvalue weighted by Gasteiger charge is -2.10. The molecule has 0 bridgehead atoms. The van der Waals surface area contributed by atoms with E-state index in [1.165, 1.54) is 17.3 Å². The van der Waals surface area contributed by atoms with Crippen molar-refractivity contribution in [1.82, 2.24) is 20.2 Å². The molecule has 8 nitrogen and oxygen atoms in total. The molecule has 8 heteroatoms. The van der Waals surface area contributed by atoms with Gasteiger partial charge in [0.1, 0.15) is 18.7 Å². The third kappa shape index (κ3) is 3.35. The van der Waals surface area contributed by atoms with E-state index in [2.05, 4.69) is 20.4 Å². The molecule has 0 fully saturated rings. The lowest BCUT2D eigenvalue weighted by atomic mass is 10.3. The number of hydroxylamine groups is 1. The Kier molecular flexibility index (Phi) is 3.75. The molecule has 82 valence electrons. The number of nitrogens with two attached hydrogens (primary N) is 1. The van der Waals surface area contributed by atoms with Gasteiger partial charge < -0.3 is 5.73 Å². The Morgan fingerprint density at radius 1 is 1.67 bits per heavy atom. The average molecular weight is 213 g/mol. The van der Waals surface area contributed by atoms with Gasteiger partial charge in [0.2, 0.25) is 5.91 Å². The maximum absolute atomic E-state index is 11.3. The highest BCUT2D eigenvalue weighted by molar-refractivity contribution is 5.79. The largest absolute Gasteiger partial charge is 0.368 e. The molecule has 1 unspecified atom stereocenters. The monoisotopic (exact) mass is 213 g/mol. The van der Waals surface area contributed by atoms with E-state index in [1.807, 2.05) is 0 Å². The zero-order valence-electron chi connectivity index (χ0n) is 8.08. The topological polar surface area (TPSA) is 112 Å². The molecule has 0 saturated carbocycles. The highest BCUT2D eigenvalue weighted by atomic mass is 16.7. The van der Waals surface area contributed by atoms with Crippen LogP contribution in [0.4, 0.5) is 0 Å². The molecule has 0 aromatic carbocycles. The fourth-order valence-electron chi connectivity index (χ4n) is 0.801. The number of amides is 2. The fraction of sp³-hybridized carbons (Fsp3) is 0.429. The summed E-state index contributed by atoms with van der Waals surface area (Å²) in [5.41, 5.74) is 6.88. The molecule has 0 spiro atoms. The minimum Gasteiger partial charge on any atom is -0.368 e. The van der Waals surface area contributed by atoms with Gasteiger partial charge in [-0.3, -0.25) is 14.4 Å². The summed E-state index contributed by atoms with van der Waals surface area (Å²) in [5, 5.41) is 3.78. The predicted molar refractivity (Wildman–Crippen MR) is 48.0 cm³/mol. The van der Waals surface area contributed by atoms with E-state index in [9.17, 15) is 9.59 Å². The van der Waals surface area contributed by atoms with Crippen LogP contribution in [-0.2, 0) is 14.4 Å². The van der Waals surface area contributed by atoms with Crippen LogP contribution in [0.1, 0.15) is 13.0 Å². The summed E-state index contributed by atoms with van der Waals surface area (Å²) in [4.78, 5) is 29.9. The van der Waals surface area contributed by atoms with Crippen molar-refractivity contribution in [1.29, 1.82) is 0 Å². The molecular formula is C7H11N5O3. The normalized spacial score (nSPS) is 12.1. The summed E-state index contributed by atoms with van der Waals surface area (Å²) in [5.74, 6) is -1.11. The van der Waals surface area contributed by atoms with Crippen molar-refractivity contribution in [3.8, 4) is 0 Å². The van der Waals surface area contributed by atoms with Crippen molar-refractivity contribution in [3.05, 3.63) is 12.7 Å². The van der Waals surface area contributed by atoms with Crippen molar-refractivity contribution < 1.29 is 14.4 Å². The number of primary amides is 1. The average Bonchev–Trinajstić information content (AvgIpc) is 2.68. The molecule has 3 N–H and O–H groups in total. The maximum atomic E-state index is 11.3. The number of aromatic nitrogens is 3. The lowest BCUT2D eigenvalue weighted by Crippen LogP contribution is -2.34. The molecule has 1 aromatic heterocycles. The van der Waals surface area contributed by atoms with E-state index in [0.29, 0.717) is 0 Å². The molecule has 0 aliphatic carbocycles. The van der Waals surface area contributed by atoms with E-state index < -0.39 is 17.9 Å². The number of nitrogens with one attached hydrogen (secondary N) is 1. The lowest BCUT2D eigenvalue weighted by molar-refractivity contribution is -0.140. The van der Waals surface area contributed by atoms with Gasteiger partial charge in [-0.1, -0.05) is 0 Å². The predicted octanol–water partition coefficient (Wildman–Crippen LogP) is -1.63. The van der Waals surface area contributed by atoms with Crippen LogP contribution in [0.15, 0.2) is 12.7 Å². The number of hydrogen-bond donors (Lipinski definition) is 2. The van der Waals surface area contributed by atoms with Gasteiger partial charge in [-0.05, 0) is 6.92 Å². The Balaban J connectivity index is 2.37. The van der Waals surface area contributed by atoms with Crippen molar-refractivity contribution in [2.24, 2.45) is 5.73 Å². The van der Waals surface area contributed by atoms with Crippen molar-refractivity contribution in [2.45, 2.75) is 13.0 Å². The first-order valence-corrected chi connectivity index (χ1v) is 4.15. The molecule has 0 saturated heterocycles. The number of rotatable bonds is 5. The van der Waals surface area contributed by atoms with Crippen molar-refractivity contribution in [2.75, 3.05) is 6.61 Å². The number of carbonyl (C=O) groups excluding carboxylic acids is 2. The first-order chi connectivity index (χ1) is 7.11. The molecule has 0 radical (unpaired) electrons. The molecule has 1 heterocycles. The van der Waals surface area contributed by atoms with E-state index in [4.69, 9.17) is 5.73 Å². The van der Waals surface area contributed by atoms with Crippen molar-refractivity contribution >= 4 is 11.8 Å². The van der Waals surface area contributed by atoms with Crippen LogP contribution >= 0.6 is 0 Å². The second-order valence-corrected chi connectivity index (χ2v) is 2.77. The minimum absolute atomic E-state index is 0.365. The highest BCUT2D eigenvalue weighted by Crippen LogP contribution is 2.00. The third-order valence-corrected chi connectivity index (χ3v) is 1.60. The summed E-state index contributed by atoms with van der Waals surface area (Å²) in [6.45, 7) is 1.24. The van der Waals surface area contributed by atoms with Crippen LogP contribution in [-0.4, -0.2) is 33.2 Å². The Morgan fingerprint density at radius 3 is 2.93 bits per heavy atom. The van der Waals surface area contributed by atoms with Crippen LogP contribution < -0.4 is 11.2 Å². The van der Waals surface area contributed by atoms with Crippen LogP contribution in [0.2, 0.25) is 0 Å². The minimum atomic E-state index is -0.663. The highest BCUT2D eigenvalue weighted by Gasteiger charge is 2.15. The van der Waals surface area contributed by atoms with Crippen LogP contribution in [0, 0.1) is 0 Å². The molecule has 2 amide bonds. The zero-order chi connectivity index (χ0) is 11.3. The molecule has 1 atom stereocenters. The van der Waals surface area contributed by atoms with Gasteiger partial charge in [0.15, 0.2) is 6.61 Å². The third-order valence-electron chi connectivity index (χ3n) is 1.60. The summed E-state index contributed by atoms with van der Waals surface area (Å²) >= 11 is 0. The summed E-state index contributed by atoms with van der Waals surface area (Å²) in [6.07, 6.45) is 2.71. The summed E-state index contributed by atoms with van der Waals surface area (Å²) in [7, 11) is 0. The van der Waals surface area contributed by atoms with Gasteiger partial charge >= 0.3 is 0 Å². The molecule has 1 rings (SSSR count). The fourth-order valence-corrected chi connectivity index (χ4v) is 0.801. The van der Waals surface area contributed by atoms with Gasteiger partial charge in [0, 0.05) is 0 Å². The zero-order valence-corrected chi connectivity index (χ0v) is 8.08. The van der Waals surface area contributed by atoms with E-state index >= 15 is 0 Å². The molecule has 0 aliphatic rings. The quantitative estimate of drug-likeness (QED) is 0.570. The van der Waals surface area contributed by atoms with Gasteiger partial charge in [-0.25, -0.2) is 15.1 Å². The summed E-state index contributed by atoms with van der Waals surface area (Å²) < 4.78 is 1.35. The first-order valence-electron chi connectivity index (χ1n) is 4.15. The van der Waals surface area contributed by atoms with Crippen LogP contribution in [0.5, 0.6) is 0 Å². The van der Waals surface area contributed by atoms with E-state index in [0.717, 1.165) is 0 Å². The Morgan fingerprint density at radius 2 is 2.40 bits per heavy atom. The molecule has 0 aliphatic heterocycles. The van der Waals surface area contributed by atoms with Gasteiger partial charge in [-0.15, -0.1) is 0 Å². The molecule has 15 heavy (non-hydrogen) atoms.